The van der Waals surface area contributed by atoms with E-state index in [1.807, 2.05) is 0 Å². The van der Waals surface area contributed by atoms with Crippen LogP contribution in [-0.4, -0.2) is 18.8 Å². The van der Waals surface area contributed by atoms with Gasteiger partial charge < -0.3 is 5.11 Å². The number of rotatable bonds is 3. The molecule has 0 unspecified atom stereocenters. The van der Waals surface area contributed by atoms with E-state index in [-0.39, 0.29) is 10.7 Å². The van der Waals surface area contributed by atoms with Gasteiger partial charge in [0.15, 0.2) is 5.75 Å². The number of hydrogen-bond donors (Lipinski definition) is 2. The maximum absolute atomic E-state index is 13.0. The predicted molar refractivity (Wildman–Crippen MR) is 58.6 cm³/mol. The Morgan fingerprint density at radius 1 is 1.44 bits per heavy atom. The van der Waals surface area contributed by atoms with Gasteiger partial charge in [-0.1, -0.05) is 11.6 Å². The molecule has 1 aliphatic carbocycles. The molecule has 88 valence electrons. The van der Waals surface area contributed by atoms with E-state index >= 15 is 0 Å². The predicted octanol–water partition coefficient (Wildman–Crippen LogP) is 2.09. The fourth-order valence-electron chi connectivity index (χ4n) is 1.26. The Hall–Kier alpha value is -1.01. The van der Waals surface area contributed by atoms with Gasteiger partial charge in [0.25, 0.3) is 0 Å². The van der Waals surface area contributed by atoms with Crippen LogP contribution in [0.2, 0.25) is 5.02 Å². The fraction of sp³-hybridized carbons (Fsp3) is 0.333. The number of phenolic OH excluding ortho intramolecular Hbond substituents is 1. The Morgan fingerprint density at radius 2 is 2.06 bits per heavy atom. The van der Waals surface area contributed by atoms with Crippen LogP contribution in [0.1, 0.15) is 12.8 Å². The van der Waals surface area contributed by atoms with Crippen molar-refractivity contribution in [2.75, 3.05) is 4.72 Å². The Morgan fingerprint density at radius 3 is 2.62 bits per heavy atom. The van der Waals surface area contributed by atoms with E-state index < -0.39 is 26.8 Å². The van der Waals surface area contributed by atoms with Crippen molar-refractivity contribution in [3.8, 4) is 5.75 Å². The van der Waals surface area contributed by atoms with E-state index in [1.165, 1.54) is 0 Å². The molecule has 16 heavy (non-hydrogen) atoms. The summed E-state index contributed by atoms with van der Waals surface area (Å²) in [6.45, 7) is 0. The van der Waals surface area contributed by atoms with Crippen molar-refractivity contribution in [3.05, 3.63) is 23.0 Å². The number of sulfonamides is 1. The van der Waals surface area contributed by atoms with Crippen LogP contribution in [0, 0.1) is 5.82 Å². The van der Waals surface area contributed by atoms with Gasteiger partial charge in [-0.3, -0.25) is 4.72 Å². The van der Waals surface area contributed by atoms with Gasteiger partial charge in [0.2, 0.25) is 10.0 Å². The largest absolute Gasteiger partial charge is 0.504 e. The molecule has 2 rings (SSSR count). The minimum atomic E-state index is -3.53. The minimum Gasteiger partial charge on any atom is -0.504 e. The summed E-state index contributed by atoms with van der Waals surface area (Å²) in [6.07, 6.45) is 1.16. The molecular weight excluding hydrogens is 257 g/mol. The number of benzene rings is 1. The molecule has 1 aromatic rings. The molecule has 0 aliphatic heterocycles. The Bertz CT molecular complexity index is 528. The zero-order valence-corrected chi connectivity index (χ0v) is 9.65. The van der Waals surface area contributed by atoms with E-state index in [0.29, 0.717) is 12.8 Å². The molecule has 1 aromatic carbocycles. The zero-order chi connectivity index (χ0) is 11.9. The normalized spacial score (nSPS) is 16.1. The number of nitrogens with one attached hydrogen (secondary N) is 1. The third-order valence-corrected chi connectivity index (χ3v) is 4.39. The second-order valence-corrected chi connectivity index (χ2v) is 6.00. The monoisotopic (exact) mass is 265 g/mol. The number of aromatic hydroxyl groups is 1. The van der Waals surface area contributed by atoms with E-state index in [2.05, 4.69) is 4.72 Å². The summed E-state index contributed by atoms with van der Waals surface area (Å²) >= 11 is 5.52. The van der Waals surface area contributed by atoms with Gasteiger partial charge in [0.1, 0.15) is 5.82 Å². The van der Waals surface area contributed by atoms with Crippen molar-refractivity contribution in [2.45, 2.75) is 18.1 Å². The molecule has 1 saturated carbocycles. The van der Waals surface area contributed by atoms with Crippen LogP contribution in [-0.2, 0) is 10.0 Å². The minimum absolute atomic E-state index is 0.225. The van der Waals surface area contributed by atoms with Crippen LogP contribution < -0.4 is 4.72 Å². The molecule has 1 aliphatic rings. The third-order valence-electron chi connectivity index (χ3n) is 2.24. The lowest BCUT2D eigenvalue weighted by Crippen LogP contribution is -2.17. The van der Waals surface area contributed by atoms with E-state index in [0.717, 1.165) is 12.1 Å². The van der Waals surface area contributed by atoms with Crippen molar-refractivity contribution in [2.24, 2.45) is 0 Å². The maximum atomic E-state index is 13.0. The molecule has 0 radical (unpaired) electrons. The first-order chi connectivity index (χ1) is 7.40. The summed E-state index contributed by atoms with van der Waals surface area (Å²) < 4.78 is 38.2. The highest BCUT2D eigenvalue weighted by molar-refractivity contribution is 7.93. The molecule has 7 heteroatoms. The van der Waals surface area contributed by atoms with Gasteiger partial charge in [0.05, 0.1) is 16.0 Å². The number of anilines is 1. The quantitative estimate of drug-likeness (QED) is 0.823. The SMILES string of the molecule is O=S(=O)(Nc1cc(F)cc(Cl)c1O)C1CC1. The van der Waals surface area contributed by atoms with E-state index in [1.54, 1.807) is 0 Å². The molecular formula is C9H9ClFNO3S. The molecule has 1 fully saturated rings. The van der Waals surface area contributed by atoms with Crippen LogP contribution in [0.25, 0.3) is 0 Å². The molecule has 0 amide bonds. The molecule has 2 N–H and O–H groups in total. The van der Waals surface area contributed by atoms with Crippen molar-refractivity contribution in [1.29, 1.82) is 0 Å². The molecule has 0 atom stereocenters. The Kier molecular flexibility index (Phi) is 2.71. The van der Waals surface area contributed by atoms with Crippen molar-refractivity contribution in [1.82, 2.24) is 0 Å². The first kappa shape index (κ1) is 11.5. The summed E-state index contributed by atoms with van der Waals surface area (Å²) in [5.41, 5.74) is -0.225. The molecule has 0 spiro atoms. The van der Waals surface area contributed by atoms with Crippen LogP contribution in [0.5, 0.6) is 5.75 Å². The van der Waals surface area contributed by atoms with Crippen LogP contribution >= 0.6 is 11.6 Å². The van der Waals surface area contributed by atoms with Gasteiger partial charge in [-0.2, -0.15) is 0 Å². The van der Waals surface area contributed by atoms with Crippen LogP contribution in [0.3, 0.4) is 0 Å². The average molecular weight is 266 g/mol. The average Bonchev–Trinajstić information content (AvgIpc) is 2.95. The lowest BCUT2D eigenvalue weighted by atomic mass is 10.3. The van der Waals surface area contributed by atoms with Gasteiger partial charge in [-0.25, -0.2) is 12.8 Å². The lowest BCUT2D eigenvalue weighted by Gasteiger charge is -2.09. The summed E-state index contributed by atoms with van der Waals surface area (Å²) in [5, 5.41) is 8.78. The molecule has 4 nitrogen and oxygen atoms in total. The van der Waals surface area contributed by atoms with Crippen LogP contribution in [0.15, 0.2) is 12.1 Å². The van der Waals surface area contributed by atoms with Gasteiger partial charge in [0, 0.05) is 6.07 Å². The van der Waals surface area contributed by atoms with Gasteiger partial charge in [-0.15, -0.1) is 0 Å². The van der Waals surface area contributed by atoms with Crippen LogP contribution in [0.4, 0.5) is 10.1 Å². The standard InChI is InChI=1S/C9H9ClFNO3S/c10-7-3-5(11)4-8(9(7)13)12-16(14,15)6-1-2-6/h3-4,6,12-13H,1-2H2. The highest BCUT2D eigenvalue weighted by Gasteiger charge is 2.36. The van der Waals surface area contributed by atoms with Crippen molar-refractivity contribution >= 4 is 27.3 Å². The molecule has 0 aromatic heterocycles. The fourth-order valence-corrected chi connectivity index (χ4v) is 2.85. The molecule has 0 saturated heterocycles. The highest BCUT2D eigenvalue weighted by atomic mass is 35.5. The van der Waals surface area contributed by atoms with E-state index in [9.17, 15) is 17.9 Å². The first-order valence-corrected chi connectivity index (χ1v) is 6.52. The zero-order valence-electron chi connectivity index (χ0n) is 8.07. The van der Waals surface area contributed by atoms with Gasteiger partial charge in [-0.05, 0) is 18.9 Å². The Balaban J connectivity index is 2.34. The van der Waals surface area contributed by atoms with E-state index in [4.69, 9.17) is 11.6 Å². The summed E-state index contributed by atoms with van der Waals surface area (Å²) in [7, 11) is -3.53. The first-order valence-electron chi connectivity index (χ1n) is 4.60. The summed E-state index contributed by atoms with van der Waals surface area (Å²) in [5.74, 6) is -1.18. The second kappa shape index (κ2) is 3.78. The third kappa shape index (κ3) is 2.22. The maximum Gasteiger partial charge on any atom is 0.235 e. The number of hydrogen-bond acceptors (Lipinski definition) is 3. The summed E-state index contributed by atoms with van der Waals surface area (Å²) in [6, 6.07) is 1.80. The lowest BCUT2D eigenvalue weighted by molar-refractivity contribution is 0.476. The second-order valence-electron chi connectivity index (χ2n) is 3.63. The number of halogens is 2. The van der Waals surface area contributed by atoms with Crippen molar-refractivity contribution < 1.29 is 17.9 Å². The van der Waals surface area contributed by atoms with Gasteiger partial charge >= 0.3 is 0 Å². The molecule has 0 heterocycles. The summed E-state index contributed by atoms with van der Waals surface area (Å²) in [4.78, 5) is 0. The smallest absolute Gasteiger partial charge is 0.235 e. The topological polar surface area (TPSA) is 66.4 Å². The highest BCUT2D eigenvalue weighted by Crippen LogP contribution is 2.36. The molecule has 0 bridgehead atoms. The Labute approximate surface area is 97.1 Å². The van der Waals surface area contributed by atoms with Crippen molar-refractivity contribution in [3.63, 3.8) is 0 Å². The number of phenols is 1.